The molecule has 0 fully saturated rings. The largest absolute Gasteiger partial charge is 0.280 e. The second-order valence-electron chi connectivity index (χ2n) is 2.97. The van der Waals surface area contributed by atoms with Crippen molar-refractivity contribution >= 4 is 33.4 Å². The second-order valence-corrected chi connectivity index (χ2v) is 3.96. The molecule has 2 aliphatic rings. The summed E-state index contributed by atoms with van der Waals surface area (Å²) in [5, 5.41) is 0. The molecule has 0 saturated carbocycles. The van der Waals surface area contributed by atoms with E-state index in [1.807, 2.05) is 0 Å². The first kappa shape index (κ1) is 9.45. The molecule has 3 nitrogen and oxygen atoms in total. The number of aliphatic imine (C=N–C) groups is 2. The number of hydrogen-bond donors (Lipinski definition) is 0. The third kappa shape index (κ3) is 1.48. The van der Waals surface area contributed by atoms with Gasteiger partial charge in [0, 0.05) is 0 Å². The Labute approximate surface area is 88.3 Å². The van der Waals surface area contributed by atoms with Gasteiger partial charge < -0.3 is 0 Å². The van der Waals surface area contributed by atoms with Gasteiger partial charge in [0.15, 0.2) is 0 Å². The third-order valence-corrected chi connectivity index (χ3v) is 2.60. The van der Waals surface area contributed by atoms with Crippen molar-refractivity contribution in [2.24, 2.45) is 9.98 Å². The number of allylic oxidation sites excluding steroid dienone is 3. The number of alkyl halides is 1. The van der Waals surface area contributed by atoms with E-state index in [1.165, 1.54) is 6.08 Å². The van der Waals surface area contributed by atoms with Crippen molar-refractivity contribution in [2.45, 2.75) is 11.8 Å². The van der Waals surface area contributed by atoms with Crippen LogP contribution in [-0.4, -0.2) is 22.3 Å². The highest BCUT2D eigenvalue weighted by Crippen LogP contribution is 2.25. The average Bonchev–Trinajstić information content (AvgIpc) is 2.07. The summed E-state index contributed by atoms with van der Waals surface area (Å²) in [6.07, 6.45) is 2.52. The maximum atomic E-state index is 13.0. The molecule has 0 N–H and O–H groups in total. The monoisotopic (exact) mass is 256 g/mol. The number of carbonyl (C=O) groups is 1. The number of nitrogens with zero attached hydrogens (tertiary/aromatic N) is 2. The van der Waals surface area contributed by atoms with E-state index in [1.54, 1.807) is 6.92 Å². The van der Waals surface area contributed by atoms with Crippen LogP contribution in [0.5, 0.6) is 0 Å². The molecule has 0 aromatic carbocycles. The van der Waals surface area contributed by atoms with Crippen LogP contribution >= 0.6 is 15.9 Å². The molecule has 0 radical (unpaired) electrons. The number of fused-ring (bicyclic) bond motifs is 1. The molecule has 0 aromatic rings. The topological polar surface area (TPSA) is 41.8 Å². The SMILES string of the molecule is CC1=NC(=O)C2=CC(F)=CC(Br)C2=N1. The predicted molar refractivity (Wildman–Crippen MR) is 55.5 cm³/mol. The van der Waals surface area contributed by atoms with Gasteiger partial charge in [-0.1, -0.05) is 15.9 Å². The minimum absolute atomic E-state index is 0.234. The Morgan fingerprint density at radius 1 is 1.50 bits per heavy atom. The molecule has 0 spiro atoms. The smallest absolute Gasteiger partial charge is 0.267 e. The van der Waals surface area contributed by atoms with Gasteiger partial charge in [-0.3, -0.25) is 4.79 Å². The van der Waals surface area contributed by atoms with E-state index in [0.29, 0.717) is 11.5 Å². The fourth-order valence-corrected chi connectivity index (χ4v) is 1.93. The fraction of sp³-hybridized carbons (Fsp3) is 0.222. The molecule has 0 bridgehead atoms. The Hall–Kier alpha value is -1.10. The van der Waals surface area contributed by atoms with E-state index in [2.05, 4.69) is 25.9 Å². The highest BCUT2D eigenvalue weighted by Gasteiger charge is 2.28. The van der Waals surface area contributed by atoms with Crippen molar-refractivity contribution in [3.05, 3.63) is 23.6 Å². The van der Waals surface area contributed by atoms with E-state index in [4.69, 9.17) is 0 Å². The normalized spacial score (nSPS) is 25.9. The number of carbonyl (C=O) groups excluding carboxylic acids is 1. The molecule has 1 amide bonds. The zero-order chi connectivity index (χ0) is 10.3. The maximum Gasteiger partial charge on any atom is 0.280 e. The van der Waals surface area contributed by atoms with Crippen molar-refractivity contribution in [1.82, 2.24) is 0 Å². The molecule has 14 heavy (non-hydrogen) atoms. The lowest BCUT2D eigenvalue weighted by Gasteiger charge is -2.18. The molecule has 2 rings (SSSR count). The predicted octanol–water partition coefficient (Wildman–Crippen LogP) is 1.94. The van der Waals surface area contributed by atoms with Crippen molar-refractivity contribution in [3.8, 4) is 0 Å². The summed E-state index contributed by atoms with van der Waals surface area (Å²) in [4.78, 5) is 18.8. The van der Waals surface area contributed by atoms with Gasteiger partial charge in [-0.05, 0) is 19.1 Å². The van der Waals surface area contributed by atoms with Gasteiger partial charge in [0.1, 0.15) is 11.7 Å². The van der Waals surface area contributed by atoms with Crippen LogP contribution in [0.25, 0.3) is 0 Å². The third-order valence-electron chi connectivity index (χ3n) is 1.90. The molecular formula is C9H6BrFN2O. The van der Waals surface area contributed by atoms with E-state index in [-0.39, 0.29) is 10.4 Å². The van der Waals surface area contributed by atoms with Crippen LogP contribution in [0.3, 0.4) is 0 Å². The van der Waals surface area contributed by atoms with Crippen LogP contribution < -0.4 is 0 Å². The van der Waals surface area contributed by atoms with Gasteiger partial charge >= 0.3 is 0 Å². The molecule has 5 heteroatoms. The van der Waals surface area contributed by atoms with Crippen LogP contribution in [0.4, 0.5) is 4.39 Å². The lowest BCUT2D eigenvalue weighted by atomic mass is 10.00. The summed E-state index contributed by atoms with van der Waals surface area (Å²) < 4.78 is 13.0. The zero-order valence-electron chi connectivity index (χ0n) is 7.29. The van der Waals surface area contributed by atoms with Crippen LogP contribution in [-0.2, 0) is 4.79 Å². The highest BCUT2D eigenvalue weighted by molar-refractivity contribution is 9.10. The standard InChI is InChI=1S/C9H6BrFN2O/c1-4-12-8-6(9(14)13-4)2-5(11)3-7(8)10/h2-3,7H,1H3. The van der Waals surface area contributed by atoms with Crippen LogP contribution in [0.15, 0.2) is 33.5 Å². The van der Waals surface area contributed by atoms with Gasteiger partial charge in [-0.2, -0.15) is 4.99 Å². The quantitative estimate of drug-likeness (QED) is 0.611. The Kier molecular flexibility index (Phi) is 2.19. The minimum atomic E-state index is -0.441. The number of halogens is 2. The molecule has 72 valence electrons. The number of amides is 1. The number of amidine groups is 1. The molecular weight excluding hydrogens is 251 g/mol. The second kappa shape index (κ2) is 3.24. The van der Waals surface area contributed by atoms with E-state index >= 15 is 0 Å². The summed E-state index contributed by atoms with van der Waals surface area (Å²) in [7, 11) is 0. The molecule has 1 atom stereocenters. The van der Waals surface area contributed by atoms with Crippen molar-refractivity contribution in [2.75, 3.05) is 0 Å². The highest BCUT2D eigenvalue weighted by atomic mass is 79.9. The Morgan fingerprint density at radius 3 is 2.93 bits per heavy atom. The molecule has 1 aliphatic heterocycles. The van der Waals surface area contributed by atoms with Crippen LogP contribution in [0.2, 0.25) is 0 Å². The molecule has 1 unspecified atom stereocenters. The van der Waals surface area contributed by atoms with Crippen LogP contribution in [0.1, 0.15) is 6.92 Å². The molecule has 0 saturated heterocycles. The zero-order valence-corrected chi connectivity index (χ0v) is 8.88. The Morgan fingerprint density at radius 2 is 2.21 bits per heavy atom. The molecule has 0 aromatic heterocycles. The first-order valence-electron chi connectivity index (χ1n) is 3.99. The van der Waals surface area contributed by atoms with Gasteiger partial charge in [0.25, 0.3) is 5.91 Å². The van der Waals surface area contributed by atoms with Gasteiger partial charge in [0.05, 0.1) is 16.1 Å². The summed E-state index contributed by atoms with van der Waals surface area (Å²) in [6, 6.07) is 0. The fourth-order valence-electron chi connectivity index (χ4n) is 1.33. The van der Waals surface area contributed by atoms with E-state index < -0.39 is 11.7 Å². The number of hydrogen-bond acceptors (Lipinski definition) is 2. The summed E-state index contributed by atoms with van der Waals surface area (Å²) in [5.41, 5.74) is 0.765. The summed E-state index contributed by atoms with van der Waals surface area (Å²) >= 11 is 3.23. The van der Waals surface area contributed by atoms with Gasteiger partial charge in [-0.25, -0.2) is 9.38 Å². The van der Waals surface area contributed by atoms with Crippen molar-refractivity contribution in [1.29, 1.82) is 0 Å². The van der Waals surface area contributed by atoms with Crippen molar-refractivity contribution < 1.29 is 9.18 Å². The lowest BCUT2D eigenvalue weighted by molar-refractivity contribution is -0.113. The summed E-state index contributed by atoms with van der Waals surface area (Å²) in [5.74, 6) is -0.466. The molecule has 1 aliphatic carbocycles. The minimum Gasteiger partial charge on any atom is -0.267 e. The maximum absolute atomic E-state index is 13.0. The first-order valence-corrected chi connectivity index (χ1v) is 4.91. The number of rotatable bonds is 0. The van der Waals surface area contributed by atoms with E-state index in [0.717, 1.165) is 6.08 Å². The van der Waals surface area contributed by atoms with Crippen molar-refractivity contribution in [3.63, 3.8) is 0 Å². The lowest BCUT2D eigenvalue weighted by Crippen LogP contribution is -2.27. The Balaban J connectivity index is 2.54. The summed E-state index contributed by atoms with van der Waals surface area (Å²) in [6.45, 7) is 1.63. The van der Waals surface area contributed by atoms with Crippen LogP contribution in [0, 0.1) is 0 Å². The van der Waals surface area contributed by atoms with Gasteiger partial charge in [0.2, 0.25) is 0 Å². The van der Waals surface area contributed by atoms with E-state index in [9.17, 15) is 9.18 Å². The average molecular weight is 257 g/mol. The first-order chi connectivity index (χ1) is 6.58. The Bertz CT molecular complexity index is 434. The molecule has 1 heterocycles. The van der Waals surface area contributed by atoms with Gasteiger partial charge in [-0.15, -0.1) is 0 Å².